The summed E-state index contributed by atoms with van der Waals surface area (Å²) >= 11 is 0. The van der Waals surface area contributed by atoms with Crippen LogP contribution in [-0.4, -0.2) is 63.9 Å². The van der Waals surface area contributed by atoms with Crippen molar-refractivity contribution < 1.29 is 12.8 Å². The highest BCUT2D eigenvalue weighted by atomic mass is 32.2. The maximum absolute atomic E-state index is 14.4. The molecule has 2 aromatic rings. The molecule has 144 valence electrons. The zero-order valence-corrected chi connectivity index (χ0v) is 16.3. The summed E-state index contributed by atoms with van der Waals surface area (Å²) in [5.74, 6) is 1.60. The molecular weight excluding hydrogens is 359 g/mol. The third-order valence-electron chi connectivity index (χ3n) is 4.52. The van der Waals surface area contributed by atoms with Crippen LogP contribution in [0, 0.1) is 12.8 Å². The largest absolute Gasteiger partial charge is 0.347 e. The van der Waals surface area contributed by atoms with Gasteiger partial charge >= 0.3 is 0 Å². The third-order valence-corrected chi connectivity index (χ3v) is 5.79. The van der Waals surface area contributed by atoms with Gasteiger partial charge in [0.1, 0.15) is 17.5 Å². The molecule has 10 heteroatoms. The second kappa shape index (κ2) is 7.07. The molecule has 3 rings (SSSR count). The molecule has 0 spiro atoms. The minimum absolute atomic E-state index is 0.151. The minimum atomic E-state index is -3.38. The lowest BCUT2D eigenvalue weighted by atomic mass is 10.1. The molecule has 1 saturated heterocycles. The number of nitrogens with zero attached hydrogens (tertiary/aromatic N) is 5. The van der Waals surface area contributed by atoms with Gasteiger partial charge in [-0.1, -0.05) is 13.8 Å². The normalized spacial score (nSPS) is 22.2. The zero-order valence-electron chi connectivity index (χ0n) is 15.5. The van der Waals surface area contributed by atoms with E-state index in [-0.39, 0.29) is 13.1 Å². The molecule has 8 nitrogen and oxygen atoms in total. The van der Waals surface area contributed by atoms with E-state index in [0.717, 1.165) is 29.7 Å². The van der Waals surface area contributed by atoms with Crippen LogP contribution < -0.4 is 5.32 Å². The van der Waals surface area contributed by atoms with Gasteiger partial charge in [0.25, 0.3) is 0 Å². The van der Waals surface area contributed by atoms with E-state index in [4.69, 9.17) is 0 Å². The SMILES string of the molecule is Cc1nc(CC(C)C)n2nc(N[C@@H]3CCN(S(C)(=O)=O)C[C@H]3F)ncc12. The number of halogens is 1. The molecule has 1 N–H and O–H groups in total. The molecule has 0 unspecified atom stereocenters. The number of aryl methyl sites for hydroxylation is 1. The van der Waals surface area contributed by atoms with Crippen LogP contribution in [0.15, 0.2) is 6.20 Å². The van der Waals surface area contributed by atoms with E-state index < -0.39 is 22.2 Å². The van der Waals surface area contributed by atoms with Crippen molar-refractivity contribution >= 4 is 21.5 Å². The molecule has 2 aromatic heterocycles. The smallest absolute Gasteiger partial charge is 0.241 e. The fraction of sp³-hybridized carbons (Fsp3) is 0.688. The lowest BCUT2D eigenvalue weighted by Crippen LogP contribution is -2.49. The highest BCUT2D eigenvalue weighted by Gasteiger charge is 2.33. The molecule has 3 heterocycles. The Kier molecular flexibility index (Phi) is 5.16. The van der Waals surface area contributed by atoms with Crippen molar-refractivity contribution in [2.45, 2.75) is 45.8 Å². The van der Waals surface area contributed by atoms with Crippen LogP contribution in [0.5, 0.6) is 0 Å². The van der Waals surface area contributed by atoms with Crippen LogP contribution in [0.25, 0.3) is 5.52 Å². The molecule has 0 amide bonds. The molecule has 0 saturated carbocycles. The molecular formula is C16H25FN6O2S. The maximum Gasteiger partial charge on any atom is 0.241 e. The molecule has 0 aliphatic carbocycles. The summed E-state index contributed by atoms with van der Waals surface area (Å²) < 4.78 is 40.5. The third kappa shape index (κ3) is 3.96. The second-order valence-corrected chi connectivity index (χ2v) is 9.25. The zero-order chi connectivity index (χ0) is 19.1. The summed E-state index contributed by atoms with van der Waals surface area (Å²) in [6.07, 6.45) is 2.60. The molecule has 0 bridgehead atoms. The fourth-order valence-electron chi connectivity index (χ4n) is 3.16. The molecule has 2 atom stereocenters. The first-order chi connectivity index (χ1) is 12.1. The molecule has 26 heavy (non-hydrogen) atoms. The van der Waals surface area contributed by atoms with E-state index in [9.17, 15) is 12.8 Å². The fourth-order valence-corrected chi connectivity index (χ4v) is 4.01. The number of rotatable bonds is 5. The van der Waals surface area contributed by atoms with Crippen LogP contribution in [0.2, 0.25) is 0 Å². The van der Waals surface area contributed by atoms with Crippen molar-refractivity contribution in [1.29, 1.82) is 0 Å². The van der Waals surface area contributed by atoms with E-state index in [2.05, 4.69) is 34.2 Å². The first kappa shape index (κ1) is 19.0. The van der Waals surface area contributed by atoms with Gasteiger partial charge in [0.2, 0.25) is 16.0 Å². The number of hydrogen-bond donors (Lipinski definition) is 1. The predicted molar refractivity (Wildman–Crippen MR) is 97.4 cm³/mol. The summed E-state index contributed by atoms with van der Waals surface area (Å²) in [6, 6.07) is -0.524. The number of alkyl halides is 1. The van der Waals surface area contributed by atoms with Crippen LogP contribution in [0.4, 0.5) is 10.3 Å². The summed E-state index contributed by atoms with van der Waals surface area (Å²) in [4.78, 5) is 8.83. The van der Waals surface area contributed by atoms with E-state index in [1.54, 1.807) is 10.7 Å². The number of aromatic nitrogens is 4. The van der Waals surface area contributed by atoms with Gasteiger partial charge in [0.05, 0.1) is 24.2 Å². The van der Waals surface area contributed by atoms with Crippen molar-refractivity contribution in [2.24, 2.45) is 5.92 Å². The molecule has 0 radical (unpaired) electrons. The lowest BCUT2D eigenvalue weighted by molar-refractivity contribution is 0.186. The van der Waals surface area contributed by atoms with Crippen LogP contribution in [0.3, 0.4) is 0 Å². The van der Waals surface area contributed by atoms with Crippen molar-refractivity contribution in [3.63, 3.8) is 0 Å². The second-order valence-electron chi connectivity index (χ2n) is 7.27. The highest BCUT2D eigenvalue weighted by Crippen LogP contribution is 2.20. The van der Waals surface area contributed by atoms with E-state index >= 15 is 0 Å². The summed E-state index contributed by atoms with van der Waals surface area (Å²) in [6.45, 7) is 6.26. The number of sulfonamides is 1. The standard InChI is InChI=1S/C16H25FN6O2S/c1-10(2)7-15-19-11(3)14-8-18-16(21-23(14)15)20-13-5-6-22(9-12(13)17)26(4,24)25/h8,10,12-13H,5-7,9H2,1-4H3,(H,20,21)/t12-,13-/m1/s1. The first-order valence-electron chi connectivity index (χ1n) is 8.72. The van der Waals surface area contributed by atoms with Gasteiger partial charge in [-0.15, -0.1) is 5.10 Å². The minimum Gasteiger partial charge on any atom is -0.347 e. The van der Waals surface area contributed by atoms with Crippen molar-refractivity contribution in [1.82, 2.24) is 23.9 Å². The number of piperidine rings is 1. The molecule has 1 aliphatic heterocycles. The molecule has 1 fully saturated rings. The molecule has 1 aliphatic rings. The van der Waals surface area contributed by atoms with Gasteiger partial charge < -0.3 is 5.32 Å². The summed E-state index contributed by atoms with van der Waals surface area (Å²) in [5, 5.41) is 7.50. The number of hydrogen-bond acceptors (Lipinski definition) is 6. The van der Waals surface area contributed by atoms with Crippen LogP contribution in [-0.2, 0) is 16.4 Å². The summed E-state index contributed by atoms with van der Waals surface area (Å²) in [5.41, 5.74) is 1.69. The Morgan fingerprint density at radius 1 is 1.42 bits per heavy atom. The predicted octanol–water partition coefficient (Wildman–Crippen LogP) is 1.42. The van der Waals surface area contributed by atoms with Crippen LogP contribution in [0.1, 0.15) is 31.8 Å². The average Bonchev–Trinajstić information content (AvgIpc) is 2.83. The average molecular weight is 384 g/mol. The maximum atomic E-state index is 14.4. The highest BCUT2D eigenvalue weighted by molar-refractivity contribution is 7.88. The van der Waals surface area contributed by atoms with Crippen LogP contribution >= 0.6 is 0 Å². The van der Waals surface area contributed by atoms with Crippen molar-refractivity contribution in [3.05, 3.63) is 17.7 Å². The number of anilines is 1. The van der Waals surface area contributed by atoms with Gasteiger partial charge in [-0.2, -0.15) is 4.31 Å². The van der Waals surface area contributed by atoms with Gasteiger partial charge in [-0.25, -0.2) is 27.3 Å². The monoisotopic (exact) mass is 384 g/mol. The van der Waals surface area contributed by atoms with E-state index in [1.165, 1.54) is 4.31 Å². The summed E-state index contributed by atoms with van der Waals surface area (Å²) in [7, 11) is -3.38. The van der Waals surface area contributed by atoms with Gasteiger partial charge in [0, 0.05) is 19.5 Å². The quantitative estimate of drug-likeness (QED) is 0.838. The Labute approximate surface area is 152 Å². The van der Waals surface area contributed by atoms with Gasteiger partial charge in [-0.05, 0) is 19.3 Å². The van der Waals surface area contributed by atoms with E-state index in [0.29, 0.717) is 18.3 Å². The van der Waals surface area contributed by atoms with Gasteiger partial charge in [-0.3, -0.25) is 0 Å². The Morgan fingerprint density at radius 2 is 2.15 bits per heavy atom. The Bertz CT molecular complexity index is 898. The number of imidazole rings is 1. The first-order valence-corrected chi connectivity index (χ1v) is 10.6. The topological polar surface area (TPSA) is 92.5 Å². The number of fused-ring (bicyclic) bond motifs is 1. The Balaban J connectivity index is 1.79. The van der Waals surface area contributed by atoms with E-state index in [1.807, 2.05) is 6.92 Å². The number of nitrogens with one attached hydrogen (secondary N) is 1. The Hall–Kier alpha value is -1.81. The Morgan fingerprint density at radius 3 is 2.77 bits per heavy atom. The van der Waals surface area contributed by atoms with Crippen molar-refractivity contribution in [3.8, 4) is 0 Å². The lowest BCUT2D eigenvalue weighted by Gasteiger charge is -2.33. The van der Waals surface area contributed by atoms with Crippen molar-refractivity contribution in [2.75, 3.05) is 24.7 Å². The molecule has 0 aromatic carbocycles. The van der Waals surface area contributed by atoms with Gasteiger partial charge in [0.15, 0.2) is 0 Å².